The summed E-state index contributed by atoms with van der Waals surface area (Å²) in [5.74, 6) is 1.62. The SMILES string of the molecule is CCOc1ccccc1OCCNCc1cccs1. The van der Waals surface area contributed by atoms with Gasteiger partial charge in [-0.25, -0.2) is 0 Å². The van der Waals surface area contributed by atoms with E-state index < -0.39 is 0 Å². The van der Waals surface area contributed by atoms with E-state index in [9.17, 15) is 0 Å². The lowest BCUT2D eigenvalue weighted by molar-refractivity contribution is 0.276. The van der Waals surface area contributed by atoms with Crippen molar-refractivity contribution in [2.75, 3.05) is 19.8 Å². The summed E-state index contributed by atoms with van der Waals surface area (Å²) in [5.41, 5.74) is 0. The molecule has 0 aliphatic rings. The Morgan fingerprint density at radius 3 is 2.53 bits per heavy atom. The van der Waals surface area contributed by atoms with Crippen molar-refractivity contribution in [1.82, 2.24) is 5.32 Å². The average Bonchev–Trinajstić information content (AvgIpc) is 2.94. The summed E-state index contributed by atoms with van der Waals surface area (Å²) in [6.07, 6.45) is 0. The smallest absolute Gasteiger partial charge is 0.161 e. The second kappa shape index (κ2) is 7.81. The number of rotatable bonds is 8. The topological polar surface area (TPSA) is 30.5 Å². The van der Waals surface area contributed by atoms with Crippen molar-refractivity contribution in [2.45, 2.75) is 13.5 Å². The lowest BCUT2D eigenvalue weighted by atomic mass is 10.3. The van der Waals surface area contributed by atoms with E-state index in [4.69, 9.17) is 9.47 Å². The zero-order valence-corrected chi connectivity index (χ0v) is 11.9. The fraction of sp³-hybridized carbons (Fsp3) is 0.333. The van der Waals surface area contributed by atoms with Gasteiger partial charge in [0.2, 0.25) is 0 Å². The normalized spacial score (nSPS) is 10.4. The molecule has 0 unspecified atom stereocenters. The summed E-state index contributed by atoms with van der Waals surface area (Å²) in [4.78, 5) is 1.34. The molecular weight excluding hydrogens is 258 g/mol. The van der Waals surface area contributed by atoms with Gasteiger partial charge in [-0.3, -0.25) is 0 Å². The Morgan fingerprint density at radius 2 is 1.84 bits per heavy atom. The first-order valence-corrected chi connectivity index (χ1v) is 7.36. The number of benzene rings is 1. The van der Waals surface area contributed by atoms with Gasteiger partial charge in [-0.1, -0.05) is 18.2 Å². The maximum Gasteiger partial charge on any atom is 0.161 e. The lowest BCUT2D eigenvalue weighted by Gasteiger charge is -2.11. The van der Waals surface area contributed by atoms with Crippen molar-refractivity contribution in [2.24, 2.45) is 0 Å². The minimum Gasteiger partial charge on any atom is -0.490 e. The maximum atomic E-state index is 5.73. The van der Waals surface area contributed by atoms with Gasteiger partial charge in [0.15, 0.2) is 11.5 Å². The molecule has 2 aromatic rings. The molecule has 0 saturated carbocycles. The third-order valence-corrected chi connectivity index (χ3v) is 3.44. The number of para-hydroxylation sites is 2. The van der Waals surface area contributed by atoms with E-state index in [1.54, 1.807) is 11.3 Å². The molecule has 4 heteroatoms. The number of hydrogen-bond acceptors (Lipinski definition) is 4. The molecule has 0 aliphatic heterocycles. The first-order chi connectivity index (χ1) is 9.40. The van der Waals surface area contributed by atoms with E-state index in [2.05, 4.69) is 22.8 Å². The number of ether oxygens (including phenoxy) is 2. The van der Waals surface area contributed by atoms with Crippen LogP contribution in [0.3, 0.4) is 0 Å². The van der Waals surface area contributed by atoms with E-state index in [0.29, 0.717) is 13.2 Å². The highest BCUT2D eigenvalue weighted by atomic mass is 32.1. The van der Waals surface area contributed by atoms with Crippen LogP contribution in [0, 0.1) is 0 Å². The molecule has 1 heterocycles. The van der Waals surface area contributed by atoms with Crippen molar-refractivity contribution < 1.29 is 9.47 Å². The summed E-state index contributed by atoms with van der Waals surface area (Å²) < 4.78 is 11.2. The average molecular weight is 277 g/mol. The summed E-state index contributed by atoms with van der Waals surface area (Å²) in [6.45, 7) is 4.97. The Hall–Kier alpha value is -1.52. The molecule has 0 radical (unpaired) electrons. The van der Waals surface area contributed by atoms with Crippen molar-refractivity contribution in [3.05, 3.63) is 46.7 Å². The van der Waals surface area contributed by atoms with Crippen molar-refractivity contribution >= 4 is 11.3 Å². The fourth-order valence-electron chi connectivity index (χ4n) is 1.70. The third kappa shape index (κ3) is 4.58. The van der Waals surface area contributed by atoms with Gasteiger partial charge in [-0.15, -0.1) is 11.3 Å². The molecule has 2 rings (SSSR count). The first kappa shape index (κ1) is 13.9. The van der Waals surface area contributed by atoms with E-state index in [1.165, 1.54) is 4.88 Å². The highest BCUT2D eigenvalue weighted by molar-refractivity contribution is 7.09. The standard InChI is InChI=1S/C15H19NO2S/c1-2-17-14-7-3-4-8-15(14)18-10-9-16-12-13-6-5-11-19-13/h3-8,11,16H,2,9-10,12H2,1H3. The fourth-order valence-corrected chi connectivity index (χ4v) is 2.38. The largest absolute Gasteiger partial charge is 0.490 e. The Kier molecular flexibility index (Phi) is 5.72. The second-order valence-corrected chi connectivity index (χ2v) is 5.02. The van der Waals surface area contributed by atoms with Crippen LogP contribution in [0.25, 0.3) is 0 Å². The Bertz CT molecular complexity index is 471. The van der Waals surface area contributed by atoms with Crippen molar-refractivity contribution in [3.8, 4) is 11.5 Å². The molecule has 1 N–H and O–H groups in total. The molecule has 0 spiro atoms. The van der Waals surface area contributed by atoms with Gasteiger partial charge < -0.3 is 14.8 Å². The van der Waals surface area contributed by atoms with Gasteiger partial charge in [0.05, 0.1) is 6.61 Å². The van der Waals surface area contributed by atoms with Crippen LogP contribution in [0.15, 0.2) is 41.8 Å². The van der Waals surface area contributed by atoms with Gasteiger partial charge >= 0.3 is 0 Å². The molecular formula is C15H19NO2S. The van der Waals surface area contributed by atoms with E-state index in [-0.39, 0.29) is 0 Å². The van der Waals surface area contributed by atoms with Gasteiger partial charge in [-0.2, -0.15) is 0 Å². The molecule has 0 amide bonds. The van der Waals surface area contributed by atoms with Crippen LogP contribution in [-0.2, 0) is 6.54 Å². The van der Waals surface area contributed by atoms with Gasteiger partial charge in [0.1, 0.15) is 6.61 Å². The minimum absolute atomic E-state index is 0.634. The zero-order chi connectivity index (χ0) is 13.3. The van der Waals surface area contributed by atoms with Crippen LogP contribution in [0.5, 0.6) is 11.5 Å². The summed E-state index contributed by atoms with van der Waals surface area (Å²) in [7, 11) is 0. The van der Waals surface area contributed by atoms with E-state index in [0.717, 1.165) is 24.6 Å². The minimum atomic E-state index is 0.634. The monoisotopic (exact) mass is 277 g/mol. The highest BCUT2D eigenvalue weighted by Gasteiger charge is 2.02. The third-order valence-electron chi connectivity index (χ3n) is 2.56. The number of hydrogen-bond donors (Lipinski definition) is 1. The molecule has 0 aliphatic carbocycles. The van der Waals surface area contributed by atoms with Crippen molar-refractivity contribution in [3.63, 3.8) is 0 Å². The van der Waals surface area contributed by atoms with E-state index >= 15 is 0 Å². The molecule has 0 saturated heterocycles. The quantitative estimate of drug-likeness (QED) is 0.751. The summed E-state index contributed by atoms with van der Waals surface area (Å²) >= 11 is 1.76. The Labute approximate surface area is 118 Å². The zero-order valence-electron chi connectivity index (χ0n) is 11.1. The Balaban J connectivity index is 1.70. The molecule has 0 atom stereocenters. The lowest BCUT2D eigenvalue weighted by Crippen LogP contribution is -2.20. The van der Waals surface area contributed by atoms with Gasteiger partial charge in [0, 0.05) is 18.0 Å². The predicted molar refractivity (Wildman–Crippen MR) is 79.1 cm³/mol. The molecule has 3 nitrogen and oxygen atoms in total. The van der Waals surface area contributed by atoms with Crippen LogP contribution < -0.4 is 14.8 Å². The number of thiophene rings is 1. The van der Waals surface area contributed by atoms with Crippen LogP contribution in [0.2, 0.25) is 0 Å². The van der Waals surface area contributed by atoms with Gasteiger partial charge in [0.25, 0.3) is 0 Å². The first-order valence-electron chi connectivity index (χ1n) is 6.48. The van der Waals surface area contributed by atoms with Gasteiger partial charge in [-0.05, 0) is 30.5 Å². The van der Waals surface area contributed by atoms with E-state index in [1.807, 2.05) is 31.2 Å². The number of nitrogens with one attached hydrogen (secondary N) is 1. The van der Waals surface area contributed by atoms with Crippen LogP contribution >= 0.6 is 11.3 Å². The van der Waals surface area contributed by atoms with Crippen molar-refractivity contribution in [1.29, 1.82) is 0 Å². The van der Waals surface area contributed by atoms with Crippen LogP contribution in [0.4, 0.5) is 0 Å². The molecule has 1 aromatic carbocycles. The molecule has 102 valence electrons. The summed E-state index contributed by atoms with van der Waals surface area (Å²) in [5, 5.41) is 5.44. The Morgan fingerprint density at radius 1 is 1.05 bits per heavy atom. The summed E-state index contributed by atoms with van der Waals surface area (Å²) in [6, 6.07) is 12.0. The van der Waals surface area contributed by atoms with Crippen LogP contribution in [0.1, 0.15) is 11.8 Å². The van der Waals surface area contributed by atoms with Crippen LogP contribution in [-0.4, -0.2) is 19.8 Å². The maximum absolute atomic E-state index is 5.73. The highest BCUT2D eigenvalue weighted by Crippen LogP contribution is 2.25. The second-order valence-electron chi connectivity index (χ2n) is 3.98. The molecule has 19 heavy (non-hydrogen) atoms. The molecule has 0 fully saturated rings. The molecule has 0 bridgehead atoms. The molecule has 1 aromatic heterocycles. The predicted octanol–water partition coefficient (Wildman–Crippen LogP) is 3.32.